The molecule has 1 fully saturated rings. The lowest BCUT2D eigenvalue weighted by molar-refractivity contribution is -0.0159. The molecule has 3 nitrogen and oxygen atoms in total. The second kappa shape index (κ2) is 5.97. The van der Waals surface area contributed by atoms with Crippen LogP contribution in [0.4, 0.5) is 4.39 Å². The van der Waals surface area contributed by atoms with Gasteiger partial charge >= 0.3 is 0 Å². The van der Waals surface area contributed by atoms with Crippen molar-refractivity contribution in [2.45, 2.75) is 18.6 Å². The molecule has 1 aromatic carbocycles. The Bertz CT molecular complexity index is 408. The van der Waals surface area contributed by atoms with E-state index in [-0.39, 0.29) is 11.4 Å². The average Bonchev–Trinajstić information content (AvgIpc) is 2.81. The number of benzene rings is 1. The van der Waals surface area contributed by atoms with E-state index in [9.17, 15) is 4.39 Å². The molecule has 1 aromatic rings. The topological polar surface area (TPSA) is 30.5 Å². The van der Waals surface area contributed by atoms with Crippen molar-refractivity contribution < 1.29 is 13.9 Å². The van der Waals surface area contributed by atoms with Gasteiger partial charge in [0, 0.05) is 43.8 Å². The van der Waals surface area contributed by atoms with E-state index < -0.39 is 0 Å². The van der Waals surface area contributed by atoms with E-state index in [2.05, 4.69) is 5.32 Å². The van der Waals surface area contributed by atoms with Crippen LogP contribution < -0.4 is 5.32 Å². The molecular formula is C13H17ClFNO2. The molecule has 0 saturated carbocycles. The fourth-order valence-corrected chi connectivity index (χ4v) is 2.21. The Hall–Kier alpha value is -0.680. The Morgan fingerprint density at radius 3 is 3.00 bits per heavy atom. The molecule has 0 aromatic heterocycles. The first-order valence-corrected chi connectivity index (χ1v) is 6.31. The number of halogens is 2. The van der Waals surface area contributed by atoms with E-state index in [0.29, 0.717) is 36.9 Å². The van der Waals surface area contributed by atoms with Gasteiger partial charge in [0.1, 0.15) is 11.4 Å². The summed E-state index contributed by atoms with van der Waals surface area (Å²) in [7, 11) is 1.68. The van der Waals surface area contributed by atoms with Gasteiger partial charge in [0.25, 0.3) is 0 Å². The van der Waals surface area contributed by atoms with Crippen molar-refractivity contribution in [1.29, 1.82) is 0 Å². The second-order valence-electron chi connectivity index (χ2n) is 4.53. The summed E-state index contributed by atoms with van der Waals surface area (Å²) in [5.74, 6) is -0.288. The van der Waals surface area contributed by atoms with Gasteiger partial charge in [-0.1, -0.05) is 17.7 Å². The fraction of sp³-hybridized carbons (Fsp3) is 0.538. The van der Waals surface area contributed by atoms with Crippen molar-refractivity contribution in [3.8, 4) is 0 Å². The summed E-state index contributed by atoms with van der Waals surface area (Å²) in [5.41, 5.74) is 0.327. The molecule has 2 rings (SSSR count). The van der Waals surface area contributed by atoms with Gasteiger partial charge < -0.3 is 14.8 Å². The lowest BCUT2D eigenvalue weighted by Crippen LogP contribution is -2.42. The molecule has 18 heavy (non-hydrogen) atoms. The molecule has 1 atom stereocenters. The molecule has 1 saturated heterocycles. The summed E-state index contributed by atoms with van der Waals surface area (Å²) in [5, 5.41) is 3.62. The van der Waals surface area contributed by atoms with Crippen molar-refractivity contribution in [3.05, 3.63) is 34.6 Å². The molecule has 100 valence electrons. The van der Waals surface area contributed by atoms with E-state index in [1.54, 1.807) is 19.2 Å². The van der Waals surface area contributed by atoms with Crippen LogP contribution in [0.15, 0.2) is 18.2 Å². The van der Waals surface area contributed by atoms with Crippen molar-refractivity contribution in [3.63, 3.8) is 0 Å². The number of rotatable bonds is 5. The highest BCUT2D eigenvalue weighted by atomic mass is 35.5. The van der Waals surface area contributed by atoms with Crippen LogP contribution in [0.3, 0.4) is 0 Å². The average molecular weight is 274 g/mol. The molecule has 5 heteroatoms. The second-order valence-corrected chi connectivity index (χ2v) is 4.97. The van der Waals surface area contributed by atoms with Crippen LogP contribution in [-0.2, 0) is 16.0 Å². The van der Waals surface area contributed by atoms with Gasteiger partial charge in [-0.25, -0.2) is 4.39 Å². The summed E-state index contributed by atoms with van der Waals surface area (Å²) in [6.45, 7) is 2.39. The number of hydrogen-bond acceptors (Lipinski definition) is 3. The molecule has 0 spiro atoms. The Morgan fingerprint density at radius 2 is 2.39 bits per heavy atom. The first-order valence-electron chi connectivity index (χ1n) is 5.93. The Morgan fingerprint density at radius 1 is 1.56 bits per heavy atom. The third kappa shape index (κ3) is 3.20. The predicted molar refractivity (Wildman–Crippen MR) is 68.3 cm³/mol. The standard InChI is InChI=1S/C13H17ClFNO2/c1-17-13(4-5-18-9-13)8-16-7-10-2-3-11(14)6-12(10)15/h2-3,6,16H,4-5,7-9H2,1H3. The molecule has 0 radical (unpaired) electrons. The van der Waals surface area contributed by atoms with E-state index in [0.717, 1.165) is 6.42 Å². The molecule has 1 unspecified atom stereocenters. The monoisotopic (exact) mass is 273 g/mol. The number of nitrogens with one attached hydrogen (secondary N) is 1. The highest BCUT2D eigenvalue weighted by Crippen LogP contribution is 2.22. The zero-order valence-corrected chi connectivity index (χ0v) is 11.1. The van der Waals surface area contributed by atoms with Crippen molar-refractivity contribution in [2.75, 3.05) is 26.9 Å². The molecule has 1 aliphatic rings. The number of hydrogen-bond donors (Lipinski definition) is 1. The summed E-state index contributed by atoms with van der Waals surface area (Å²) in [6.07, 6.45) is 0.861. The van der Waals surface area contributed by atoms with E-state index in [4.69, 9.17) is 21.1 Å². The smallest absolute Gasteiger partial charge is 0.129 e. The van der Waals surface area contributed by atoms with Crippen LogP contribution in [-0.4, -0.2) is 32.5 Å². The van der Waals surface area contributed by atoms with Gasteiger partial charge in [0.05, 0.1) is 6.61 Å². The zero-order valence-electron chi connectivity index (χ0n) is 10.3. The van der Waals surface area contributed by atoms with Crippen LogP contribution in [0.5, 0.6) is 0 Å². The highest BCUT2D eigenvalue weighted by molar-refractivity contribution is 6.30. The van der Waals surface area contributed by atoms with Crippen LogP contribution in [0.2, 0.25) is 5.02 Å². The van der Waals surface area contributed by atoms with E-state index in [1.165, 1.54) is 6.07 Å². The quantitative estimate of drug-likeness (QED) is 0.893. The largest absolute Gasteiger partial charge is 0.378 e. The molecule has 0 aliphatic carbocycles. The number of ether oxygens (including phenoxy) is 2. The maximum absolute atomic E-state index is 13.5. The molecule has 1 heterocycles. The van der Waals surface area contributed by atoms with Gasteiger partial charge in [0.15, 0.2) is 0 Å². The van der Waals surface area contributed by atoms with Crippen LogP contribution in [0.25, 0.3) is 0 Å². The van der Waals surface area contributed by atoms with E-state index >= 15 is 0 Å². The third-order valence-corrected chi connectivity index (χ3v) is 3.51. The fourth-order valence-electron chi connectivity index (χ4n) is 2.05. The first kappa shape index (κ1) is 13.7. The minimum Gasteiger partial charge on any atom is -0.378 e. The third-order valence-electron chi connectivity index (χ3n) is 3.28. The Balaban J connectivity index is 1.88. The lowest BCUT2D eigenvalue weighted by Gasteiger charge is -2.26. The van der Waals surface area contributed by atoms with Crippen LogP contribution in [0, 0.1) is 5.82 Å². The summed E-state index contributed by atoms with van der Waals surface area (Å²) >= 11 is 5.70. The summed E-state index contributed by atoms with van der Waals surface area (Å²) < 4.78 is 24.4. The highest BCUT2D eigenvalue weighted by Gasteiger charge is 2.34. The molecule has 1 N–H and O–H groups in total. The molecular weight excluding hydrogens is 257 g/mol. The maximum Gasteiger partial charge on any atom is 0.129 e. The Labute approximate surface area is 111 Å². The SMILES string of the molecule is COC1(CNCc2ccc(Cl)cc2F)CCOC1. The van der Waals surface area contributed by atoms with Crippen LogP contribution >= 0.6 is 11.6 Å². The molecule has 0 amide bonds. The van der Waals surface area contributed by atoms with Gasteiger partial charge in [-0.2, -0.15) is 0 Å². The van der Waals surface area contributed by atoms with Crippen molar-refractivity contribution >= 4 is 11.6 Å². The van der Waals surface area contributed by atoms with Gasteiger partial charge in [0.2, 0.25) is 0 Å². The van der Waals surface area contributed by atoms with E-state index in [1.807, 2.05) is 0 Å². The normalized spacial score (nSPS) is 23.5. The minimum absolute atomic E-state index is 0.275. The predicted octanol–water partition coefficient (Wildman–Crippen LogP) is 2.37. The maximum atomic E-state index is 13.5. The number of methoxy groups -OCH3 is 1. The van der Waals surface area contributed by atoms with Gasteiger partial charge in [-0.15, -0.1) is 0 Å². The van der Waals surface area contributed by atoms with Crippen molar-refractivity contribution in [1.82, 2.24) is 5.32 Å². The van der Waals surface area contributed by atoms with Crippen LogP contribution in [0.1, 0.15) is 12.0 Å². The minimum atomic E-state index is -0.288. The first-order chi connectivity index (χ1) is 8.65. The molecule has 1 aliphatic heterocycles. The molecule has 0 bridgehead atoms. The van der Waals surface area contributed by atoms with Crippen molar-refractivity contribution in [2.24, 2.45) is 0 Å². The summed E-state index contributed by atoms with van der Waals surface area (Å²) in [6, 6.07) is 4.70. The lowest BCUT2D eigenvalue weighted by atomic mass is 10.0. The Kier molecular flexibility index (Phi) is 4.56. The summed E-state index contributed by atoms with van der Waals surface area (Å²) in [4.78, 5) is 0. The van der Waals surface area contributed by atoms with Gasteiger partial charge in [-0.3, -0.25) is 0 Å². The van der Waals surface area contributed by atoms with Gasteiger partial charge in [-0.05, 0) is 12.1 Å². The zero-order chi connectivity index (χ0) is 13.0.